The fourth-order valence-electron chi connectivity index (χ4n) is 2.43. The van der Waals surface area contributed by atoms with E-state index in [0.29, 0.717) is 11.4 Å². The summed E-state index contributed by atoms with van der Waals surface area (Å²) in [5.41, 5.74) is 2.16. The molecule has 0 aliphatic carbocycles. The number of nitrogens with zero attached hydrogens (tertiary/aromatic N) is 1. The molecule has 0 bridgehead atoms. The van der Waals surface area contributed by atoms with Gasteiger partial charge in [-0.3, -0.25) is 9.10 Å². The third-order valence-electron chi connectivity index (χ3n) is 3.97. The largest absolute Gasteiger partial charge is 0.321 e. The molecule has 0 spiro atoms. The van der Waals surface area contributed by atoms with Crippen molar-refractivity contribution in [1.82, 2.24) is 0 Å². The number of hydrogen-bond acceptors (Lipinski definition) is 4. The third-order valence-corrected chi connectivity index (χ3v) is 7.37. The maximum atomic E-state index is 13.0. The van der Waals surface area contributed by atoms with Gasteiger partial charge in [0.2, 0.25) is 0 Å². The second kappa shape index (κ2) is 7.84. The maximum Gasteiger partial charge on any atom is 0.267 e. The summed E-state index contributed by atoms with van der Waals surface area (Å²) in [6.07, 6.45) is 0. The Morgan fingerprint density at radius 3 is 2.30 bits per heavy atom. The molecule has 0 fully saturated rings. The van der Waals surface area contributed by atoms with E-state index in [4.69, 9.17) is 0 Å². The average Bonchev–Trinajstić information content (AvgIpc) is 3.14. The minimum Gasteiger partial charge on any atom is -0.321 e. The Hall–Kier alpha value is -2.16. The lowest BCUT2D eigenvalue weighted by atomic mass is 10.2. The number of nitrogens with one attached hydrogen (secondary N) is 1. The van der Waals surface area contributed by atoms with Crippen LogP contribution in [-0.4, -0.2) is 21.4 Å². The molecule has 0 saturated heterocycles. The molecular weight excluding hydrogens is 448 g/mol. The number of halogens is 1. The molecule has 3 aromatic rings. The minimum absolute atomic E-state index is 0.00909. The van der Waals surface area contributed by atoms with E-state index >= 15 is 0 Å². The van der Waals surface area contributed by atoms with E-state index in [2.05, 4.69) is 21.2 Å². The number of thiophene rings is 1. The fraction of sp³-hybridized carbons (Fsp3) is 0.105. The number of aryl methyl sites for hydroxylation is 1. The van der Waals surface area contributed by atoms with Crippen molar-refractivity contribution >= 4 is 54.6 Å². The first-order valence-electron chi connectivity index (χ1n) is 7.99. The van der Waals surface area contributed by atoms with Crippen molar-refractivity contribution in [1.29, 1.82) is 0 Å². The summed E-state index contributed by atoms with van der Waals surface area (Å²) in [4.78, 5) is 12.8. The molecule has 3 rings (SSSR count). The van der Waals surface area contributed by atoms with Crippen LogP contribution in [0.1, 0.15) is 15.2 Å². The van der Waals surface area contributed by atoms with Crippen LogP contribution in [0.25, 0.3) is 0 Å². The summed E-state index contributed by atoms with van der Waals surface area (Å²) in [5.74, 6) is -0.455. The Morgan fingerprint density at radius 2 is 1.67 bits per heavy atom. The lowest BCUT2D eigenvalue weighted by Gasteiger charge is -2.19. The van der Waals surface area contributed by atoms with Crippen LogP contribution in [0.3, 0.4) is 0 Å². The molecule has 2 aromatic carbocycles. The normalized spacial score (nSPS) is 11.2. The van der Waals surface area contributed by atoms with E-state index in [1.807, 2.05) is 19.1 Å². The van der Waals surface area contributed by atoms with E-state index < -0.39 is 15.9 Å². The zero-order valence-corrected chi connectivity index (χ0v) is 17.9. The van der Waals surface area contributed by atoms with E-state index in [1.54, 1.807) is 41.8 Å². The van der Waals surface area contributed by atoms with Crippen LogP contribution in [0.4, 0.5) is 11.4 Å². The fourth-order valence-corrected chi connectivity index (χ4v) is 5.18. The van der Waals surface area contributed by atoms with Crippen LogP contribution < -0.4 is 9.62 Å². The molecule has 0 saturated carbocycles. The van der Waals surface area contributed by atoms with Gasteiger partial charge in [0.1, 0.15) is 9.77 Å². The number of rotatable bonds is 5. The van der Waals surface area contributed by atoms with Crippen LogP contribution in [0.15, 0.2) is 69.3 Å². The Bertz CT molecular complexity index is 1060. The van der Waals surface area contributed by atoms with Crippen molar-refractivity contribution in [3.05, 3.63) is 74.9 Å². The molecule has 0 radical (unpaired) electrons. The number of benzene rings is 2. The minimum atomic E-state index is -3.86. The molecule has 5 nitrogen and oxygen atoms in total. The highest BCUT2D eigenvalue weighted by molar-refractivity contribution is 9.10. The molecule has 1 amide bonds. The topological polar surface area (TPSA) is 66.5 Å². The molecule has 0 aliphatic heterocycles. The predicted octanol–water partition coefficient (Wildman–Crippen LogP) is 4.90. The monoisotopic (exact) mass is 464 g/mol. The number of carbonyl (C=O) groups is 1. The van der Waals surface area contributed by atoms with Gasteiger partial charge in [0.05, 0.1) is 5.69 Å². The van der Waals surface area contributed by atoms with Crippen LogP contribution in [-0.2, 0) is 10.0 Å². The van der Waals surface area contributed by atoms with Gasteiger partial charge in [0, 0.05) is 17.2 Å². The molecule has 1 N–H and O–H groups in total. The lowest BCUT2D eigenvalue weighted by molar-refractivity contribution is 0.102. The first-order valence-corrected chi connectivity index (χ1v) is 11.1. The number of amides is 1. The molecule has 8 heteroatoms. The summed E-state index contributed by atoms with van der Waals surface area (Å²) in [5, 5.41) is 4.34. The molecular formula is C19H17BrN2O3S2. The van der Waals surface area contributed by atoms with Crippen molar-refractivity contribution in [2.75, 3.05) is 16.7 Å². The molecule has 0 aliphatic rings. The second-order valence-electron chi connectivity index (χ2n) is 5.88. The highest BCUT2D eigenvalue weighted by atomic mass is 79.9. The molecule has 0 atom stereocenters. The lowest BCUT2D eigenvalue weighted by Crippen LogP contribution is -2.28. The number of anilines is 2. The first-order chi connectivity index (χ1) is 12.8. The van der Waals surface area contributed by atoms with Crippen molar-refractivity contribution in [3.63, 3.8) is 0 Å². The Morgan fingerprint density at radius 1 is 1.04 bits per heavy atom. The van der Waals surface area contributed by atoms with Crippen molar-refractivity contribution in [3.8, 4) is 0 Å². The highest BCUT2D eigenvalue weighted by Gasteiger charge is 2.28. The van der Waals surface area contributed by atoms with Gasteiger partial charge in [0.15, 0.2) is 0 Å². The van der Waals surface area contributed by atoms with Crippen LogP contribution in [0.2, 0.25) is 0 Å². The molecule has 1 heterocycles. The number of carbonyl (C=O) groups excluding carboxylic acids is 1. The van der Waals surface area contributed by atoms with E-state index in [9.17, 15) is 13.2 Å². The molecule has 27 heavy (non-hydrogen) atoms. The number of hydrogen-bond donors (Lipinski definition) is 1. The molecule has 0 unspecified atom stereocenters. The first kappa shape index (κ1) is 19.6. The van der Waals surface area contributed by atoms with Crippen LogP contribution in [0.5, 0.6) is 0 Å². The standard InChI is InChI=1S/C19H17BrN2O3S2/c1-13-3-9-16(10-4-13)22(2)27(24,25)17-11-12-26-18(17)19(23)21-15-7-5-14(20)6-8-15/h3-12H,1-2H3,(H,21,23). The average molecular weight is 465 g/mol. The van der Waals surface area contributed by atoms with Gasteiger partial charge < -0.3 is 5.32 Å². The third kappa shape index (κ3) is 4.23. The van der Waals surface area contributed by atoms with Gasteiger partial charge in [-0.2, -0.15) is 0 Å². The van der Waals surface area contributed by atoms with Gasteiger partial charge in [0.25, 0.3) is 15.9 Å². The van der Waals surface area contributed by atoms with Gasteiger partial charge in [-0.05, 0) is 54.8 Å². The summed E-state index contributed by atoms with van der Waals surface area (Å²) in [7, 11) is -2.38. The highest BCUT2D eigenvalue weighted by Crippen LogP contribution is 2.29. The summed E-state index contributed by atoms with van der Waals surface area (Å²) in [6.45, 7) is 1.93. The van der Waals surface area contributed by atoms with Crippen LogP contribution in [0, 0.1) is 6.92 Å². The predicted molar refractivity (Wildman–Crippen MR) is 113 cm³/mol. The summed E-state index contributed by atoms with van der Waals surface area (Å²) in [6, 6.07) is 15.7. The van der Waals surface area contributed by atoms with Crippen molar-refractivity contribution in [2.45, 2.75) is 11.8 Å². The summed E-state index contributed by atoms with van der Waals surface area (Å²) < 4.78 is 28.2. The Balaban J connectivity index is 1.89. The Labute approximate surface area is 170 Å². The van der Waals surface area contributed by atoms with Gasteiger partial charge in [-0.1, -0.05) is 33.6 Å². The van der Waals surface area contributed by atoms with Crippen molar-refractivity contribution < 1.29 is 13.2 Å². The maximum absolute atomic E-state index is 13.0. The van der Waals surface area contributed by atoms with E-state index in [-0.39, 0.29) is 9.77 Å². The van der Waals surface area contributed by atoms with E-state index in [0.717, 1.165) is 21.4 Å². The van der Waals surface area contributed by atoms with Crippen molar-refractivity contribution in [2.24, 2.45) is 0 Å². The molecule has 1 aromatic heterocycles. The second-order valence-corrected chi connectivity index (χ2v) is 9.65. The quantitative estimate of drug-likeness (QED) is 0.583. The SMILES string of the molecule is Cc1ccc(N(C)S(=O)(=O)c2ccsc2C(=O)Nc2ccc(Br)cc2)cc1. The van der Waals surface area contributed by atoms with Crippen LogP contribution >= 0.6 is 27.3 Å². The van der Waals surface area contributed by atoms with Gasteiger partial charge in [-0.15, -0.1) is 11.3 Å². The van der Waals surface area contributed by atoms with Gasteiger partial charge >= 0.3 is 0 Å². The van der Waals surface area contributed by atoms with E-state index in [1.165, 1.54) is 17.4 Å². The Kier molecular flexibility index (Phi) is 5.69. The van der Waals surface area contributed by atoms with Gasteiger partial charge in [-0.25, -0.2) is 8.42 Å². The zero-order valence-electron chi connectivity index (χ0n) is 14.6. The molecule has 140 valence electrons. The zero-order chi connectivity index (χ0) is 19.6. The number of sulfonamides is 1. The summed E-state index contributed by atoms with van der Waals surface area (Å²) >= 11 is 4.43. The smallest absolute Gasteiger partial charge is 0.267 e.